The van der Waals surface area contributed by atoms with E-state index in [-0.39, 0.29) is 24.5 Å². The van der Waals surface area contributed by atoms with Crippen molar-refractivity contribution in [3.63, 3.8) is 0 Å². The summed E-state index contributed by atoms with van der Waals surface area (Å²) >= 11 is 0. The average Bonchev–Trinajstić information content (AvgIpc) is 3.24. The topological polar surface area (TPSA) is 86.5 Å². The first kappa shape index (κ1) is 21.4. The molecule has 1 heterocycles. The number of benzene rings is 2. The molecule has 7 heteroatoms. The van der Waals surface area contributed by atoms with Crippen LogP contribution >= 0.6 is 0 Å². The molecule has 0 fully saturated rings. The standard InChI is InChI=1S/C23H27N3O4/c1-5-28-19-10-6-17(7-11-19)16(4)24-21(27)14-29-20-12-8-18(9-13-20)23-25-22(15(2)3)26-30-23/h6-13,15-16H,5,14H2,1-4H3,(H,24,27). The molecule has 3 rings (SSSR count). The van der Waals surface area contributed by atoms with Crippen LogP contribution < -0.4 is 14.8 Å². The largest absolute Gasteiger partial charge is 0.494 e. The maximum atomic E-state index is 12.2. The van der Waals surface area contributed by atoms with E-state index in [0.29, 0.717) is 24.1 Å². The van der Waals surface area contributed by atoms with Crippen LogP contribution in [0, 0.1) is 0 Å². The summed E-state index contributed by atoms with van der Waals surface area (Å²) in [4.78, 5) is 16.6. The Labute approximate surface area is 176 Å². The quantitative estimate of drug-likeness (QED) is 0.559. The van der Waals surface area contributed by atoms with Crippen LogP contribution in [-0.2, 0) is 4.79 Å². The zero-order valence-electron chi connectivity index (χ0n) is 17.7. The Morgan fingerprint density at radius 2 is 1.63 bits per heavy atom. The molecule has 0 aliphatic rings. The maximum absolute atomic E-state index is 12.2. The summed E-state index contributed by atoms with van der Waals surface area (Å²) in [5.41, 5.74) is 1.80. The molecule has 0 bridgehead atoms. The molecular formula is C23H27N3O4. The van der Waals surface area contributed by atoms with Gasteiger partial charge in [-0.25, -0.2) is 0 Å². The molecule has 3 aromatic rings. The van der Waals surface area contributed by atoms with Crippen LogP contribution in [0.2, 0.25) is 0 Å². The molecule has 1 atom stereocenters. The van der Waals surface area contributed by atoms with Crippen molar-refractivity contribution in [2.24, 2.45) is 0 Å². The number of hydrogen-bond donors (Lipinski definition) is 1. The van der Waals surface area contributed by atoms with E-state index in [1.165, 1.54) is 0 Å². The van der Waals surface area contributed by atoms with Gasteiger partial charge in [0.15, 0.2) is 12.4 Å². The Balaban J connectivity index is 1.50. The van der Waals surface area contributed by atoms with Gasteiger partial charge in [0.05, 0.1) is 12.6 Å². The van der Waals surface area contributed by atoms with E-state index in [1.807, 2.05) is 64.1 Å². The second-order valence-corrected chi connectivity index (χ2v) is 7.22. The number of carbonyl (C=O) groups is 1. The number of carbonyl (C=O) groups excluding carboxylic acids is 1. The number of amides is 1. The molecule has 30 heavy (non-hydrogen) atoms. The van der Waals surface area contributed by atoms with Crippen molar-refractivity contribution in [1.29, 1.82) is 0 Å². The van der Waals surface area contributed by atoms with E-state index >= 15 is 0 Å². The Morgan fingerprint density at radius 1 is 1.00 bits per heavy atom. The molecule has 0 radical (unpaired) electrons. The van der Waals surface area contributed by atoms with E-state index in [4.69, 9.17) is 14.0 Å². The molecule has 1 N–H and O–H groups in total. The van der Waals surface area contributed by atoms with Crippen LogP contribution in [0.3, 0.4) is 0 Å². The van der Waals surface area contributed by atoms with E-state index in [0.717, 1.165) is 16.9 Å². The minimum absolute atomic E-state index is 0.0707. The highest BCUT2D eigenvalue weighted by Crippen LogP contribution is 2.23. The van der Waals surface area contributed by atoms with Crippen LogP contribution in [0.4, 0.5) is 0 Å². The average molecular weight is 409 g/mol. The summed E-state index contributed by atoms with van der Waals surface area (Å²) in [5.74, 6) is 2.54. The number of nitrogens with one attached hydrogen (secondary N) is 1. The van der Waals surface area contributed by atoms with Crippen LogP contribution in [0.5, 0.6) is 11.5 Å². The van der Waals surface area contributed by atoms with Gasteiger partial charge in [0.2, 0.25) is 0 Å². The number of aromatic nitrogens is 2. The molecule has 158 valence electrons. The van der Waals surface area contributed by atoms with Crippen LogP contribution in [-0.4, -0.2) is 29.3 Å². The van der Waals surface area contributed by atoms with E-state index in [9.17, 15) is 4.79 Å². The third kappa shape index (κ3) is 5.59. The Kier molecular flexibility index (Phi) is 7.06. The Bertz CT molecular complexity index is 949. The molecule has 0 saturated heterocycles. The minimum atomic E-state index is -0.195. The fraction of sp³-hybridized carbons (Fsp3) is 0.348. The van der Waals surface area contributed by atoms with E-state index in [2.05, 4.69) is 15.5 Å². The van der Waals surface area contributed by atoms with Crippen molar-refractivity contribution >= 4 is 5.91 Å². The van der Waals surface area contributed by atoms with Gasteiger partial charge in [-0.05, 0) is 55.8 Å². The van der Waals surface area contributed by atoms with Gasteiger partial charge in [-0.2, -0.15) is 4.98 Å². The van der Waals surface area contributed by atoms with Crippen molar-refractivity contribution in [3.05, 3.63) is 59.9 Å². The molecule has 0 aliphatic heterocycles. The second-order valence-electron chi connectivity index (χ2n) is 7.22. The lowest BCUT2D eigenvalue weighted by atomic mass is 10.1. The highest BCUT2D eigenvalue weighted by Gasteiger charge is 2.13. The summed E-state index contributed by atoms with van der Waals surface area (Å²) in [5, 5.41) is 6.89. The zero-order chi connectivity index (χ0) is 21.5. The first-order valence-corrected chi connectivity index (χ1v) is 10.0. The molecule has 1 aromatic heterocycles. The molecular weight excluding hydrogens is 382 g/mol. The molecule has 7 nitrogen and oxygen atoms in total. The van der Waals surface area contributed by atoms with E-state index < -0.39 is 0 Å². The van der Waals surface area contributed by atoms with Crippen LogP contribution in [0.1, 0.15) is 51.0 Å². The molecule has 1 amide bonds. The van der Waals surface area contributed by atoms with Crippen molar-refractivity contribution in [1.82, 2.24) is 15.5 Å². The third-order valence-corrected chi connectivity index (χ3v) is 4.50. The molecule has 0 aliphatic carbocycles. The monoisotopic (exact) mass is 409 g/mol. The van der Waals surface area contributed by atoms with Crippen LogP contribution in [0.25, 0.3) is 11.5 Å². The maximum Gasteiger partial charge on any atom is 0.258 e. The summed E-state index contributed by atoms with van der Waals surface area (Å²) in [7, 11) is 0. The van der Waals surface area contributed by atoms with Crippen molar-refractivity contribution < 1.29 is 18.8 Å². The summed E-state index contributed by atoms with van der Waals surface area (Å²) in [6, 6.07) is 14.7. The molecule has 0 saturated carbocycles. The predicted octanol–water partition coefficient (Wildman–Crippen LogP) is 4.51. The van der Waals surface area contributed by atoms with Gasteiger partial charge in [-0.3, -0.25) is 4.79 Å². The number of nitrogens with zero attached hydrogens (tertiary/aromatic N) is 2. The predicted molar refractivity (Wildman–Crippen MR) is 113 cm³/mol. The Hall–Kier alpha value is -3.35. The van der Waals surface area contributed by atoms with Crippen molar-refractivity contribution in [2.45, 2.75) is 39.7 Å². The number of ether oxygens (including phenoxy) is 2. The molecule has 1 unspecified atom stereocenters. The molecule has 2 aromatic carbocycles. The van der Waals surface area contributed by atoms with Gasteiger partial charge >= 0.3 is 0 Å². The lowest BCUT2D eigenvalue weighted by Crippen LogP contribution is -2.31. The van der Waals surface area contributed by atoms with Gasteiger partial charge in [0.1, 0.15) is 11.5 Å². The first-order valence-electron chi connectivity index (χ1n) is 10.0. The second kappa shape index (κ2) is 9.91. The Morgan fingerprint density at radius 3 is 2.23 bits per heavy atom. The summed E-state index contributed by atoms with van der Waals surface area (Å²) in [6.45, 7) is 8.44. The van der Waals surface area contributed by atoms with Gasteiger partial charge in [-0.15, -0.1) is 0 Å². The first-order chi connectivity index (χ1) is 14.5. The van der Waals surface area contributed by atoms with Crippen molar-refractivity contribution in [2.75, 3.05) is 13.2 Å². The number of hydrogen-bond acceptors (Lipinski definition) is 6. The van der Waals surface area contributed by atoms with Gasteiger partial charge < -0.3 is 19.3 Å². The summed E-state index contributed by atoms with van der Waals surface area (Å²) < 4.78 is 16.3. The SMILES string of the molecule is CCOc1ccc(C(C)NC(=O)COc2ccc(-c3nc(C(C)C)no3)cc2)cc1. The lowest BCUT2D eigenvalue weighted by Gasteiger charge is -2.15. The fourth-order valence-corrected chi connectivity index (χ4v) is 2.82. The highest BCUT2D eigenvalue weighted by atomic mass is 16.5. The lowest BCUT2D eigenvalue weighted by molar-refractivity contribution is -0.123. The van der Waals surface area contributed by atoms with Gasteiger partial charge in [-0.1, -0.05) is 31.1 Å². The summed E-state index contributed by atoms with van der Waals surface area (Å²) in [6.07, 6.45) is 0. The number of rotatable bonds is 9. The van der Waals surface area contributed by atoms with E-state index in [1.54, 1.807) is 12.1 Å². The fourth-order valence-electron chi connectivity index (χ4n) is 2.82. The van der Waals surface area contributed by atoms with Crippen molar-refractivity contribution in [3.8, 4) is 23.0 Å². The zero-order valence-corrected chi connectivity index (χ0v) is 17.7. The minimum Gasteiger partial charge on any atom is -0.494 e. The normalized spacial score (nSPS) is 11.9. The van der Waals surface area contributed by atoms with Gasteiger partial charge in [0.25, 0.3) is 11.8 Å². The third-order valence-electron chi connectivity index (χ3n) is 4.50. The highest BCUT2D eigenvalue weighted by molar-refractivity contribution is 5.78. The molecule has 0 spiro atoms. The smallest absolute Gasteiger partial charge is 0.258 e. The van der Waals surface area contributed by atoms with Crippen LogP contribution in [0.15, 0.2) is 53.1 Å². The van der Waals surface area contributed by atoms with Gasteiger partial charge in [0, 0.05) is 11.5 Å².